The van der Waals surface area contributed by atoms with Gasteiger partial charge in [0.25, 0.3) is 5.97 Å². The summed E-state index contributed by atoms with van der Waals surface area (Å²) in [7, 11) is 0. The Morgan fingerprint density at radius 3 is 2.50 bits per heavy atom. The van der Waals surface area contributed by atoms with Crippen molar-refractivity contribution in [2.24, 2.45) is 0 Å². The van der Waals surface area contributed by atoms with Gasteiger partial charge in [-0.3, -0.25) is 0 Å². The summed E-state index contributed by atoms with van der Waals surface area (Å²) in [6.07, 6.45) is 0. The fourth-order valence-electron chi connectivity index (χ4n) is 0.855. The molecule has 0 N–H and O–H groups in total. The van der Waals surface area contributed by atoms with Crippen molar-refractivity contribution in [3.05, 3.63) is 0 Å². The van der Waals surface area contributed by atoms with Gasteiger partial charge in [0.2, 0.25) is 0 Å². The molecule has 3 nitrogen and oxygen atoms in total. The SMILES string of the molecule is CCOC1(CBr)OCCO1. The lowest BCUT2D eigenvalue weighted by molar-refractivity contribution is -0.312. The molecule has 0 bridgehead atoms. The zero-order valence-corrected chi connectivity index (χ0v) is 7.52. The molecule has 0 aromatic heterocycles. The molecule has 0 aromatic carbocycles. The number of rotatable bonds is 3. The smallest absolute Gasteiger partial charge is 0.293 e. The molecular formula is C6H11BrO3. The first-order valence-corrected chi connectivity index (χ1v) is 4.43. The van der Waals surface area contributed by atoms with Crippen LogP contribution in [0.5, 0.6) is 0 Å². The Morgan fingerprint density at radius 2 is 2.10 bits per heavy atom. The molecule has 1 rings (SSSR count). The quantitative estimate of drug-likeness (QED) is 0.654. The highest BCUT2D eigenvalue weighted by atomic mass is 79.9. The van der Waals surface area contributed by atoms with Crippen LogP contribution in [0.25, 0.3) is 0 Å². The van der Waals surface area contributed by atoms with Gasteiger partial charge in [-0.1, -0.05) is 15.9 Å². The van der Waals surface area contributed by atoms with E-state index in [1.807, 2.05) is 6.92 Å². The topological polar surface area (TPSA) is 27.7 Å². The number of halogens is 1. The standard InChI is InChI=1S/C6H11BrO3/c1-2-8-6(5-7)9-3-4-10-6/h2-5H2,1H3. The molecule has 1 heterocycles. The zero-order valence-electron chi connectivity index (χ0n) is 5.93. The Morgan fingerprint density at radius 1 is 1.50 bits per heavy atom. The first-order chi connectivity index (χ1) is 4.83. The molecule has 1 saturated heterocycles. The molecule has 0 aliphatic carbocycles. The second-order valence-corrected chi connectivity index (χ2v) is 2.51. The summed E-state index contributed by atoms with van der Waals surface area (Å²) in [5.41, 5.74) is 0. The van der Waals surface area contributed by atoms with Crippen LogP contribution < -0.4 is 0 Å². The molecule has 0 radical (unpaired) electrons. The summed E-state index contributed by atoms with van der Waals surface area (Å²) in [6.45, 7) is 3.75. The summed E-state index contributed by atoms with van der Waals surface area (Å²) in [5, 5.41) is 0.563. The second-order valence-electron chi connectivity index (χ2n) is 1.95. The van der Waals surface area contributed by atoms with Gasteiger partial charge in [-0.25, -0.2) is 0 Å². The molecule has 0 unspecified atom stereocenters. The predicted molar refractivity (Wildman–Crippen MR) is 40.1 cm³/mol. The van der Waals surface area contributed by atoms with Crippen LogP contribution in [-0.4, -0.2) is 31.1 Å². The number of ether oxygens (including phenoxy) is 3. The summed E-state index contributed by atoms with van der Waals surface area (Å²) in [6, 6.07) is 0. The molecule has 0 aromatic rings. The maximum absolute atomic E-state index is 5.25. The number of hydrogen-bond acceptors (Lipinski definition) is 3. The first kappa shape index (κ1) is 8.46. The Balaban J connectivity index is 2.41. The highest BCUT2D eigenvalue weighted by Crippen LogP contribution is 2.22. The van der Waals surface area contributed by atoms with Crippen LogP contribution in [0, 0.1) is 0 Å². The Kier molecular flexibility index (Phi) is 3.10. The van der Waals surface area contributed by atoms with Crippen molar-refractivity contribution in [3.8, 4) is 0 Å². The molecule has 0 atom stereocenters. The van der Waals surface area contributed by atoms with E-state index in [1.165, 1.54) is 0 Å². The summed E-state index contributed by atoms with van der Waals surface area (Å²) >= 11 is 3.26. The van der Waals surface area contributed by atoms with Crippen molar-refractivity contribution in [1.82, 2.24) is 0 Å². The van der Waals surface area contributed by atoms with Crippen molar-refractivity contribution < 1.29 is 14.2 Å². The average Bonchev–Trinajstić information content (AvgIpc) is 2.39. The lowest BCUT2D eigenvalue weighted by atomic mass is 10.6. The maximum Gasteiger partial charge on any atom is 0.293 e. The van der Waals surface area contributed by atoms with E-state index in [4.69, 9.17) is 14.2 Å². The van der Waals surface area contributed by atoms with E-state index in [-0.39, 0.29) is 0 Å². The lowest BCUT2D eigenvalue weighted by Gasteiger charge is -2.23. The van der Waals surface area contributed by atoms with Gasteiger partial charge in [-0.2, -0.15) is 0 Å². The summed E-state index contributed by atoms with van der Waals surface area (Å²) in [5.74, 6) is -0.797. The number of hydrogen-bond donors (Lipinski definition) is 0. The highest BCUT2D eigenvalue weighted by molar-refractivity contribution is 9.09. The maximum atomic E-state index is 5.25. The van der Waals surface area contributed by atoms with Crippen LogP contribution >= 0.6 is 15.9 Å². The molecular weight excluding hydrogens is 200 g/mol. The third kappa shape index (κ3) is 1.69. The third-order valence-electron chi connectivity index (χ3n) is 1.26. The zero-order chi connectivity index (χ0) is 7.45. The van der Waals surface area contributed by atoms with Crippen LogP contribution in [0.1, 0.15) is 6.92 Å². The van der Waals surface area contributed by atoms with Crippen molar-refractivity contribution in [2.75, 3.05) is 25.2 Å². The van der Waals surface area contributed by atoms with Gasteiger partial charge in [0, 0.05) is 6.61 Å². The lowest BCUT2D eigenvalue weighted by Crippen LogP contribution is -2.35. The van der Waals surface area contributed by atoms with Crippen molar-refractivity contribution in [2.45, 2.75) is 12.9 Å². The van der Waals surface area contributed by atoms with Crippen LogP contribution in [0.2, 0.25) is 0 Å². The number of alkyl halides is 1. The largest absolute Gasteiger partial charge is 0.327 e. The molecule has 0 spiro atoms. The molecule has 1 aliphatic rings. The second kappa shape index (κ2) is 3.67. The summed E-state index contributed by atoms with van der Waals surface area (Å²) in [4.78, 5) is 0. The fraction of sp³-hybridized carbons (Fsp3) is 1.00. The van der Waals surface area contributed by atoms with Crippen molar-refractivity contribution >= 4 is 15.9 Å². The Labute approximate surface area is 68.8 Å². The van der Waals surface area contributed by atoms with Gasteiger partial charge in [0.1, 0.15) is 0 Å². The van der Waals surface area contributed by atoms with E-state index in [2.05, 4.69) is 15.9 Å². The van der Waals surface area contributed by atoms with Gasteiger partial charge in [0.15, 0.2) is 0 Å². The minimum atomic E-state index is -0.797. The molecule has 0 amide bonds. The first-order valence-electron chi connectivity index (χ1n) is 3.31. The van der Waals surface area contributed by atoms with E-state index >= 15 is 0 Å². The molecule has 60 valence electrons. The van der Waals surface area contributed by atoms with Gasteiger partial charge in [-0.05, 0) is 6.92 Å². The fourth-order valence-corrected chi connectivity index (χ4v) is 1.34. The van der Waals surface area contributed by atoms with Gasteiger partial charge in [-0.15, -0.1) is 0 Å². The van der Waals surface area contributed by atoms with Gasteiger partial charge >= 0.3 is 0 Å². The normalized spacial score (nSPS) is 23.4. The van der Waals surface area contributed by atoms with E-state index < -0.39 is 5.97 Å². The van der Waals surface area contributed by atoms with Gasteiger partial charge in [0.05, 0.1) is 18.5 Å². The van der Waals surface area contributed by atoms with Crippen LogP contribution in [0.3, 0.4) is 0 Å². The minimum absolute atomic E-state index is 0.563. The van der Waals surface area contributed by atoms with Crippen molar-refractivity contribution in [3.63, 3.8) is 0 Å². The van der Waals surface area contributed by atoms with Crippen molar-refractivity contribution in [1.29, 1.82) is 0 Å². The molecule has 4 heteroatoms. The monoisotopic (exact) mass is 210 g/mol. The molecule has 1 fully saturated rings. The Bertz CT molecular complexity index is 101. The molecule has 10 heavy (non-hydrogen) atoms. The Hall–Kier alpha value is 0.360. The van der Waals surface area contributed by atoms with Crippen LogP contribution in [0.15, 0.2) is 0 Å². The minimum Gasteiger partial charge on any atom is -0.327 e. The van der Waals surface area contributed by atoms with E-state index in [0.29, 0.717) is 25.2 Å². The van der Waals surface area contributed by atoms with Gasteiger partial charge < -0.3 is 14.2 Å². The van der Waals surface area contributed by atoms with Crippen LogP contribution in [-0.2, 0) is 14.2 Å². The molecule has 0 saturated carbocycles. The van der Waals surface area contributed by atoms with Crippen LogP contribution in [0.4, 0.5) is 0 Å². The van der Waals surface area contributed by atoms with E-state index in [0.717, 1.165) is 0 Å². The third-order valence-corrected chi connectivity index (χ3v) is 1.94. The van der Waals surface area contributed by atoms with E-state index in [9.17, 15) is 0 Å². The average molecular weight is 211 g/mol. The molecule has 1 aliphatic heterocycles. The van der Waals surface area contributed by atoms with E-state index in [1.54, 1.807) is 0 Å². The highest BCUT2D eigenvalue weighted by Gasteiger charge is 2.36. The summed E-state index contributed by atoms with van der Waals surface area (Å²) < 4.78 is 15.7. The predicted octanol–water partition coefficient (Wildman–Crippen LogP) is 1.12.